The fourth-order valence-electron chi connectivity index (χ4n) is 1.92. The van der Waals surface area contributed by atoms with E-state index < -0.39 is 0 Å². The monoisotopic (exact) mass is 317 g/mol. The molecule has 0 aliphatic rings. The molecule has 0 fully saturated rings. The smallest absolute Gasteiger partial charge is 0.160 e. The molecule has 0 N–H and O–H groups in total. The number of benzene rings is 2. The van der Waals surface area contributed by atoms with Crippen molar-refractivity contribution in [2.75, 3.05) is 11.9 Å². The van der Waals surface area contributed by atoms with Crippen molar-refractivity contribution in [1.82, 2.24) is 0 Å². The van der Waals surface area contributed by atoms with Gasteiger partial charge in [0.25, 0.3) is 0 Å². The van der Waals surface area contributed by atoms with Crippen molar-refractivity contribution in [3.05, 3.63) is 58.1 Å². The second-order valence-corrected chi connectivity index (χ2v) is 5.47. The number of rotatable bonds is 3. The van der Waals surface area contributed by atoms with Crippen LogP contribution in [-0.2, 0) is 0 Å². The van der Waals surface area contributed by atoms with Crippen molar-refractivity contribution in [3.63, 3.8) is 0 Å². The van der Waals surface area contributed by atoms with Gasteiger partial charge in [-0.1, -0.05) is 17.7 Å². The first-order valence-electron chi connectivity index (χ1n) is 6.10. The third-order valence-electron chi connectivity index (χ3n) is 3.14. The van der Waals surface area contributed by atoms with Crippen LogP contribution in [-0.4, -0.2) is 12.8 Å². The molecule has 2 nitrogen and oxygen atoms in total. The van der Waals surface area contributed by atoms with Crippen LogP contribution < -0.4 is 4.90 Å². The SMILES string of the molecule is CC(=O)c1ccc(N(C)c2ccc(C)cc2)cc1Br. The number of hydrogen-bond acceptors (Lipinski definition) is 2. The summed E-state index contributed by atoms with van der Waals surface area (Å²) in [6, 6.07) is 14.1. The Hall–Kier alpha value is -1.61. The molecular weight excluding hydrogens is 302 g/mol. The van der Waals surface area contributed by atoms with Crippen LogP contribution in [0.15, 0.2) is 46.9 Å². The fraction of sp³-hybridized carbons (Fsp3) is 0.188. The number of hydrogen-bond donors (Lipinski definition) is 0. The zero-order valence-corrected chi connectivity index (χ0v) is 12.9. The normalized spacial score (nSPS) is 10.3. The minimum Gasteiger partial charge on any atom is -0.345 e. The van der Waals surface area contributed by atoms with Crippen LogP contribution in [0.1, 0.15) is 22.8 Å². The van der Waals surface area contributed by atoms with Crippen molar-refractivity contribution in [1.29, 1.82) is 0 Å². The average Bonchev–Trinajstić information content (AvgIpc) is 2.38. The third kappa shape index (κ3) is 3.04. The van der Waals surface area contributed by atoms with Crippen LogP contribution in [0.25, 0.3) is 0 Å². The molecule has 0 heterocycles. The van der Waals surface area contributed by atoms with E-state index in [-0.39, 0.29) is 5.78 Å². The van der Waals surface area contributed by atoms with Gasteiger partial charge >= 0.3 is 0 Å². The summed E-state index contributed by atoms with van der Waals surface area (Å²) in [6.07, 6.45) is 0. The van der Waals surface area contributed by atoms with E-state index in [9.17, 15) is 4.79 Å². The average molecular weight is 318 g/mol. The lowest BCUT2D eigenvalue weighted by Gasteiger charge is -2.20. The number of ketones is 1. The van der Waals surface area contributed by atoms with Crippen LogP contribution in [0.3, 0.4) is 0 Å². The van der Waals surface area contributed by atoms with Gasteiger partial charge < -0.3 is 4.90 Å². The molecule has 2 aromatic rings. The van der Waals surface area contributed by atoms with Gasteiger partial charge in [-0.3, -0.25) is 4.79 Å². The predicted octanol–water partition coefficient (Wildman–Crippen LogP) is 4.73. The number of carbonyl (C=O) groups excluding carboxylic acids is 1. The van der Waals surface area contributed by atoms with Crippen LogP contribution in [0.5, 0.6) is 0 Å². The molecule has 0 spiro atoms. The van der Waals surface area contributed by atoms with Gasteiger partial charge in [-0.15, -0.1) is 0 Å². The van der Waals surface area contributed by atoms with E-state index in [0.717, 1.165) is 15.8 Å². The molecule has 3 heteroatoms. The Kier molecular flexibility index (Phi) is 4.05. The summed E-state index contributed by atoms with van der Waals surface area (Å²) < 4.78 is 0.830. The summed E-state index contributed by atoms with van der Waals surface area (Å²) in [5.74, 6) is 0.0661. The number of Topliss-reactive ketones (excluding diaryl/α,β-unsaturated/α-hetero) is 1. The van der Waals surface area contributed by atoms with E-state index >= 15 is 0 Å². The molecule has 0 saturated heterocycles. The molecule has 0 aliphatic heterocycles. The maximum absolute atomic E-state index is 11.4. The molecular formula is C16H16BrNO. The molecule has 0 saturated carbocycles. The molecule has 0 aromatic heterocycles. The standard InChI is InChI=1S/C16H16BrNO/c1-11-4-6-13(7-5-11)18(3)14-8-9-15(12(2)19)16(17)10-14/h4-10H,1-3H3. The summed E-state index contributed by atoms with van der Waals surface area (Å²) in [6.45, 7) is 3.64. The van der Waals surface area contributed by atoms with Crippen LogP contribution >= 0.6 is 15.9 Å². The lowest BCUT2D eigenvalue weighted by atomic mass is 10.1. The summed E-state index contributed by atoms with van der Waals surface area (Å²) >= 11 is 3.45. The van der Waals surface area contributed by atoms with Crippen molar-refractivity contribution < 1.29 is 4.79 Å². The molecule has 19 heavy (non-hydrogen) atoms. The Morgan fingerprint density at radius 3 is 2.16 bits per heavy atom. The number of aryl methyl sites for hydroxylation is 1. The molecule has 0 atom stereocenters. The van der Waals surface area contributed by atoms with Gasteiger partial charge in [-0.25, -0.2) is 0 Å². The van der Waals surface area contributed by atoms with Gasteiger partial charge in [0.05, 0.1) is 0 Å². The highest BCUT2D eigenvalue weighted by molar-refractivity contribution is 9.10. The van der Waals surface area contributed by atoms with Gasteiger partial charge in [0.15, 0.2) is 5.78 Å². The molecule has 2 rings (SSSR count). The highest BCUT2D eigenvalue weighted by atomic mass is 79.9. The zero-order chi connectivity index (χ0) is 14.0. The minimum absolute atomic E-state index is 0.0661. The van der Waals surface area contributed by atoms with E-state index in [4.69, 9.17) is 0 Å². The molecule has 2 aromatic carbocycles. The second kappa shape index (κ2) is 5.57. The fourth-order valence-corrected chi connectivity index (χ4v) is 2.56. The molecule has 98 valence electrons. The van der Waals surface area contributed by atoms with E-state index in [1.165, 1.54) is 5.56 Å². The highest BCUT2D eigenvalue weighted by Gasteiger charge is 2.09. The maximum atomic E-state index is 11.4. The largest absolute Gasteiger partial charge is 0.345 e. The van der Waals surface area contributed by atoms with Crippen LogP contribution in [0, 0.1) is 6.92 Å². The molecule has 0 amide bonds. The Morgan fingerprint density at radius 1 is 1.05 bits per heavy atom. The summed E-state index contributed by atoms with van der Waals surface area (Å²) in [5, 5.41) is 0. The first-order chi connectivity index (χ1) is 8.99. The number of halogens is 1. The highest BCUT2D eigenvalue weighted by Crippen LogP contribution is 2.28. The van der Waals surface area contributed by atoms with Crippen molar-refractivity contribution >= 4 is 33.1 Å². The lowest BCUT2D eigenvalue weighted by Crippen LogP contribution is -2.09. The Balaban J connectivity index is 2.34. The van der Waals surface area contributed by atoms with Gasteiger partial charge in [-0.05, 0) is 60.1 Å². The van der Waals surface area contributed by atoms with Crippen molar-refractivity contribution in [2.24, 2.45) is 0 Å². The Bertz CT molecular complexity index is 605. The summed E-state index contributed by atoms with van der Waals surface area (Å²) in [5.41, 5.74) is 4.11. The first kappa shape index (κ1) is 13.8. The first-order valence-corrected chi connectivity index (χ1v) is 6.89. The molecule has 0 radical (unpaired) electrons. The van der Waals surface area contributed by atoms with Crippen LogP contribution in [0.2, 0.25) is 0 Å². The Morgan fingerprint density at radius 2 is 1.63 bits per heavy atom. The van der Waals surface area contributed by atoms with Crippen molar-refractivity contribution in [3.8, 4) is 0 Å². The minimum atomic E-state index is 0.0661. The molecule has 0 bridgehead atoms. The number of anilines is 2. The van der Waals surface area contributed by atoms with E-state index in [1.54, 1.807) is 6.92 Å². The third-order valence-corrected chi connectivity index (χ3v) is 3.80. The van der Waals surface area contributed by atoms with Crippen LogP contribution in [0.4, 0.5) is 11.4 Å². The summed E-state index contributed by atoms with van der Waals surface area (Å²) in [7, 11) is 2.01. The molecule has 0 unspecified atom stereocenters. The van der Waals surface area contributed by atoms with Gasteiger partial charge in [0.2, 0.25) is 0 Å². The van der Waals surface area contributed by atoms with Crippen molar-refractivity contribution in [2.45, 2.75) is 13.8 Å². The van der Waals surface area contributed by atoms with Gasteiger partial charge in [-0.2, -0.15) is 0 Å². The molecule has 0 aliphatic carbocycles. The quantitative estimate of drug-likeness (QED) is 0.763. The van der Waals surface area contributed by atoms with Gasteiger partial charge in [0, 0.05) is 28.5 Å². The number of nitrogens with zero attached hydrogens (tertiary/aromatic N) is 1. The van der Waals surface area contributed by atoms with E-state index in [2.05, 4.69) is 52.0 Å². The van der Waals surface area contributed by atoms with E-state index in [0.29, 0.717) is 5.56 Å². The predicted molar refractivity (Wildman–Crippen MR) is 83.4 cm³/mol. The second-order valence-electron chi connectivity index (χ2n) is 4.61. The summed E-state index contributed by atoms with van der Waals surface area (Å²) in [4.78, 5) is 13.5. The lowest BCUT2D eigenvalue weighted by molar-refractivity contribution is 0.101. The topological polar surface area (TPSA) is 20.3 Å². The maximum Gasteiger partial charge on any atom is 0.160 e. The van der Waals surface area contributed by atoms with Gasteiger partial charge in [0.1, 0.15) is 0 Å². The number of carbonyl (C=O) groups is 1. The van der Waals surface area contributed by atoms with E-state index in [1.807, 2.05) is 25.2 Å². The Labute approximate surface area is 122 Å². The zero-order valence-electron chi connectivity index (χ0n) is 11.3.